The van der Waals surface area contributed by atoms with Gasteiger partial charge in [0.1, 0.15) is 28.4 Å². The van der Waals surface area contributed by atoms with Gasteiger partial charge in [0.25, 0.3) is 5.56 Å². The number of amides is 1. The third-order valence-electron chi connectivity index (χ3n) is 4.59. The van der Waals surface area contributed by atoms with Crippen LogP contribution in [0, 0.1) is 29.9 Å². The molecular weight excluding hydrogens is 418 g/mol. The number of hydrogen-bond acceptors (Lipinski definition) is 5. The minimum absolute atomic E-state index is 0.0188. The van der Waals surface area contributed by atoms with Crippen LogP contribution in [0.25, 0.3) is 16.6 Å². The lowest BCUT2D eigenvalue weighted by Gasteiger charge is -2.23. The van der Waals surface area contributed by atoms with Crippen LogP contribution in [-0.4, -0.2) is 21.2 Å². The summed E-state index contributed by atoms with van der Waals surface area (Å²) in [6, 6.07) is 6.92. The second-order valence-electron chi connectivity index (χ2n) is 8.38. The molecule has 1 heterocycles. The highest BCUT2D eigenvalue weighted by Crippen LogP contribution is 2.23. The number of halogens is 2. The first kappa shape index (κ1) is 22.9. The molecule has 166 valence electrons. The van der Waals surface area contributed by atoms with Gasteiger partial charge in [-0.3, -0.25) is 9.36 Å². The number of ether oxygens (including phenoxy) is 1. The Hall–Kier alpha value is -3.80. The highest BCUT2D eigenvalue weighted by Gasteiger charge is 2.24. The summed E-state index contributed by atoms with van der Waals surface area (Å²) < 4.78 is 35.0. The number of rotatable bonds is 3. The monoisotopic (exact) mass is 440 g/mol. The fourth-order valence-corrected chi connectivity index (χ4v) is 3.26. The zero-order chi connectivity index (χ0) is 23.8. The van der Waals surface area contributed by atoms with Crippen molar-refractivity contribution in [2.24, 2.45) is 0 Å². The Kier molecular flexibility index (Phi) is 5.99. The van der Waals surface area contributed by atoms with Crippen molar-refractivity contribution < 1.29 is 18.3 Å². The van der Waals surface area contributed by atoms with E-state index in [-0.39, 0.29) is 28.0 Å². The van der Waals surface area contributed by atoms with E-state index in [1.165, 1.54) is 12.1 Å². The molecule has 1 atom stereocenters. The second-order valence-corrected chi connectivity index (χ2v) is 8.38. The Balaban J connectivity index is 2.29. The van der Waals surface area contributed by atoms with E-state index in [2.05, 4.69) is 10.3 Å². The van der Waals surface area contributed by atoms with E-state index < -0.39 is 34.9 Å². The van der Waals surface area contributed by atoms with Crippen molar-refractivity contribution in [1.82, 2.24) is 14.9 Å². The van der Waals surface area contributed by atoms with Crippen LogP contribution in [-0.2, 0) is 4.74 Å². The van der Waals surface area contributed by atoms with E-state index in [1.54, 1.807) is 34.6 Å². The zero-order valence-electron chi connectivity index (χ0n) is 18.3. The lowest BCUT2D eigenvalue weighted by molar-refractivity contribution is 0.0505. The van der Waals surface area contributed by atoms with E-state index in [1.807, 2.05) is 6.07 Å². The molecule has 7 nitrogen and oxygen atoms in total. The number of aromatic nitrogens is 2. The normalized spacial score (nSPS) is 12.3. The first-order valence-electron chi connectivity index (χ1n) is 9.83. The van der Waals surface area contributed by atoms with Gasteiger partial charge in [0.05, 0.1) is 28.9 Å². The number of nitrogens with zero attached hydrogens (tertiary/aromatic N) is 3. The molecule has 0 aliphatic carbocycles. The van der Waals surface area contributed by atoms with E-state index in [0.717, 1.165) is 22.8 Å². The van der Waals surface area contributed by atoms with Gasteiger partial charge in [0.2, 0.25) is 0 Å². The molecule has 2 aromatic carbocycles. The van der Waals surface area contributed by atoms with Crippen LogP contribution in [0.2, 0.25) is 0 Å². The van der Waals surface area contributed by atoms with E-state index in [4.69, 9.17) is 4.74 Å². The average Bonchev–Trinajstić information content (AvgIpc) is 2.68. The molecule has 0 fully saturated rings. The maximum Gasteiger partial charge on any atom is 0.408 e. The van der Waals surface area contributed by atoms with Crippen LogP contribution in [0.4, 0.5) is 13.6 Å². The van der Waals surface area contributed by atoms with Gasteiger partial charge in [-0.25, -0.2) is 18.6 Å². The maximum absolute atomic E-state index is 14.6. The van der Waals surface area contributed by atoms with E-state index >= 15 is 0 Å². The summed E-state index contributed by atoms with van der Waals surface area (Å²) in [6.07, 6.45) is -0.751. The van der Waals surface area contributed by atoms with Crippen molar-refractivity contribution in [1.29, 1.82) is 5.26 Å². The molecule has 1 aromatic heterocycles. The highest BCUT2D eigenvalue weighted by atomic mass is 19.1. The van der Waals surface area contributed by atoms with Crippen molar-refractivity contribution in [3.8, 4) is 11.8 Å². The van der Waals surface area contributed by atoms with Gasteiger partial charge < -0.3 is 10.1 Å². The van der Waals surface area contributed by atoms with Crippen molar-refractivity contribution in [3.05, 3.63) is 69.3 Å². The third kappa shape index (κ3) is 4.59. The van der Waals surface area contributed by atoms with E-state index in [0.29, 0.717) is 5.56 Å². The fraction of sp³-hybridized carbons (Fsp3) is 0.304. The molecule has 0 aliphatic heterocycles. The minimum atomic E-state index is -0.876. The predicted octanol–water partition coefficient (Wildman–Crippen LogP) is 4.43. The highest BCUT2D eigenvalue weighted by molar-refractivity contribution is 5.82. The summed E-state index contributed by atoms with van der Waals surface area (Å²) in [5, 5.41) is 11.5. The van der Waals surface area contributed by atoms with Crippen LogP contribution in [0.1, 0.15) is 50.7 Å². The Morgan fingerprint density at radius 1 is 1.25 bits per heavy atom. The SMILES string of the molecule is Cc1ccc(F)c2c(=O)n(-c3cc(F)cc(C#N)c3)c([C@H](C)NC(=O)OC(C)(C)C)nc12. The molecule has 0 saturated heterocycles. The first-order chi connectivity index (χ1) is 14.9. The Morgan fingerprint density at radius 3 is 2.56 bits per heavy atom. The Bertz CT molecular complexity index is 1320. The van der Waals surface area contributed by atoms with Crippen molar-refractivity contribution in [3.63, 3.8) is 0 Å². The van der Waals surface area contributed by atoms with E-state index in [9.17, 15) is 23.6 Å². The lowest BCUT2D eigenvalue weighted by atomic mass is 10.1. The summed E-state index contributed by atoms with van der Waals surface area (Å²) in [6.45, 7) is 8.33. The first-order valence-corrected chi connectivity index (χ1v) is 9.83. The molecule has 0 spiro atoms. The smallest absolute Gasteiger partial charge is 0.408 e. The Labute approximate surface area is 183 Å². The number of carbonyl (C=O) groups is 1. The topological polar surface area (TPSA) is 97.0 Å². The average molecular weight is 440 g/mol. The molecule has 0 aliphatic rings. The van der Waals surface area contributed by atoms with Gasteiger partial charge in [-0.2, -0.15) is 5.26 Å². The number of nitriles is 1. The number of fused-ring (bicyclic) bond motifs is 1. The van der Waals surface area contributed by atoms with Gasteiger partial charge in [-0.15, -0.1) is 0 Å². The zero-order valence-corrected chi connectivity index (χ0v) is 18.3. The Morgan fingerprint density at radius 2 is 1.94 bits per heavy atom. The van der Waals surface area contributed by atoms with Gasteiger partial charge in [0.15, 0.2) is 0 Å². The predicted molar refractivity (Wildman–Crippen MR) is 114 cm³/mol. The minimum Gasteiger partial charge on any atom is -0.444 e. The van der Waals surface area contributed by atoms with Gasteiger partial charge in [-0.05, 0) is 64.4 Å². The quantitative estimate of drug-likeness (QED) is 0.650. The van der Waals surface area contributed by atoms with Crippen molar-refractivity contribution in [2.45, 2.75) is 46.3 Å². The van der Waals surface area contributed by atoms with Gasteiger partial charge >= 0.3 is 6.09 Å². The largest absolute Gasteiger partial charge is 0.444 e. The molecule has 1 N–H and O–H groups in total. The molecule has 3 rings (SSSR count). The van der Waals surface area contributed by atoms with Crippen molar-refractivity contribution in [2.75, 3.05) is 0 Å². The molecule has 3 aromatic rings. The summed E-state index contributed by atoms with van der Waals surface area (Å²) in [4.78, 5) is 30.1. The molecule has 0 radical (unpaired) electrons. The van der Waals surface area contributed by atoms with Crippen molar-refractivity contribution >= 4 is 17.0 Å². The number of nitrogens with one attached hydrogen (secondary N) is 1. The summed E-state index contributed by atoms with van der Waals surface area (Å²) in [5.41, 5.74) is -0.933. The second kappa shape index (κ2) is 8.38. The fourth-order valence-electron chi connectivity index (χ4n) is 3.26. The maximum atomic E-state index is 14.6. The van der Waals surface area contributed by atoms with Crippen LogP contribution >= 0.6 is 0 Å². The molecule has 0 bridgehead atoms. The number of aryl methyl sites for hydroxylation is 1. The lowest BCUT2D eigenvalue weighted by Crippen LogP contribution is -2.37. The summed E-state index contributed by atoms with van der Waals surface area (Å²) in [7, 11) is 0. The van der Waals surface area contributed by atoms with Gasteiger partial charge in [-0.1, -0.05) is 6.07 Å². The molecule has 0 unspecified atom stereocenters. The third-order valence-corrected chi connectivity index (χ3v) is 4.59. The molecule has 9 heteroatoms. The summed E-state index contributed by atoms with van der Waals surface area (Å²) in [5.74, 6) is -1.51. The molecule has 1 amide bonds. The number of benzene rings is 2. The molecular formula is C23H22F2N4O3. The standard InChI is InChI=1S/C23H22F2N4O3/c1-12-6-7-17(25)18-19(12)28-20(13(2)27-22(31)32-23(3,4)5)29(21(18)30)16-9-14(11-26)8-15(24)10-16/h6-10,13H,1-5H3,(H,27,31)/t13-/m0/s1. The molecule has 0 saturated carbocycles. The van der Waals surface area contributed by atoms with Crippen LogP contribution in [0.15, 0.2) is 35.1 Å². The van der Waals surface area contributed by atoms with Crippen LogP contribution in [0.5, 0.6) is 0 Å². The van der Waals surface area contributed by atoms with Gasteiger partial charge in [0, 0.05) is 0 Å². The number of alkyl carbamates (subject to hydrolysis) is 1. The molecule has 32 heavy (non-hydrogen) atoms. The number of hydrogen-bond donors (Lipinski definition) is 1. The van der Waals surface area contributed by atoms with Crippen LogP contribution in [0.3, 0.4) is 0 Å². The number of carbonyl (C=O) groups excluding carboxylic acids is 1. The van der Waals surface area contributed by atoms with Crippen LogP contribution < -0.4 is 10.9 Å². The summed E-state index contributed by atoms with van der Waals surface area (Å²) >= 11 is 0.